The Morgan fingerprint density at radius 2 is 1.93 bits per heavy atom. The molecule has 1 fully saturated rings. The van der Waals surface area contributed by atoms with Crippen LogP contribution in [0.2, 0.25) is 0 Å². The molecule has 4 rings (SSSR count). The van der Waals surface area contributed by atoms with E-state index >= 15 is 0 Å². The van der Waals surface area contributed by atoms with E-state index in [1.807, 2.05) is 15.5 Å². The molecule has 1 aliphatic heterocycles. The molecule has 29 heavy (non-hydrogen) atoms. The summed E-state index contributed by atoms with van der Waals surface area (Å²) in [5.74, 6) is -0.627. The molecule has 2 aliphatic rings. The second-order valence-electron chi connectivity index (χ2n) is 7.42. The molecule has 1 saturated carbocycles. The number of carbonyl (C=O) groups excluding carboxylic acids is 3. The van der Waals surface area contributed by atoms with Crippen molar-refractivity contribution in [3.05, 3.63) is 52.8 Å². The van der Waals surface area contributed by atoms with Crippen LogP contribution in [0.1, 0.15) is 56.2 Å². The van der Waals surface area contributed by atoms with E-state index in [2.05, 4.69) is 0 Å². The first kappa shape index (κ1) is 19.4. The van der Waals surface area contributed by atoms with Gasteiger partial charge in [-0.2, -0.15) is 0 Å². The van der Waals surface area contributed by atoms with Gasteiger partial charge in [-0.3, -0.25) is 9.59 Å². The minimum Gasteiger partial charge on any atom is -0.464 e. The van der Waals surface area contributed by atoms with Crippen molar-refractivity contribution in [1.82, 2.24) is 9.47 Å². The lowest BCUT2D eigenvalue weighted by atomic mass is 9.71. The highest BCUT2D eigenvalue weighted by molar-refractivity contribution is 6.60. The fraction of sp³-hybridized carbons (Fsp3) is 0.350. The molecule has 8 nitrogen and oxygen atoms in total. The number of hydrogen-bond acceptors (Lipinski definition) is 6. The predicted octanol–water partition coefficient (Wildman–Crippen LogP) is 0.302. The first-order valence-corrected chi connectivity index (χ1v) is 9.48. The number of amides is 1. The van der Waals surface area contributed by atoms with Crippen LogP contribution in [0, 0.1) is 0 Å². The third kappa shape index (κ3) is 2.89. The number of esters is 1. The van der Waals surface area contributed by atoms with Crippen molar-refractivity contribution >= 4 is 30.7 Å². The van der Waals surface area contributed by atoms with Gasteiger partial charge in [0.25, 0.3) is 5.91 Å². The van der Waals surface area contributed by atoms with Gasteiger partial charge in [-0.25, -0.2) is 4.79 Å². The standard InChI is InChI=1S/C20H21BN2O6/c1-29-19(26)16-5-6-17-20(7-2-8-20)23(10-9-22(16)17)18(25)13-3-4-15(21(27)28)14(11-13)12-24/h3-6,11-12,27-28H,2,7-10H2,1H3. The molecule has 0 unspecified atom stereocenters. The smallest absolute Gasteiger partial charge is 0.464 e. The molecular formula is C20H21BN2O6. The second kappa shape index (κ2) is 7.16. The molecule has 2 aromatic rings. The van der Waals surface area contributed by atoms with E-state index in [0.717, 1.165) is 25.0 Å². The van der Waals surface area contributed by atoms with Crippen molar-refractivity contribution in [2.45, 2.75) is 31.3 Å². The van der Waals surface area contributed by atoms with Crippen molar-refractivity contribution in [2.75, 3.05) is 13.7 Å². The quantitative estimate of drug-likeness (QED) is 0.437. The van der Waals surface area contributed by atoms with E-state index in [-0.39, 0.29) is 16.9 Å². The van der Waals surface area contributed by atoms with Gasteiger partial charge >= 0.3 is 13.1 Å². The summed E-state index contributed by atoms with van der Waals surface area (Å²) in [6, 6.07) is 7.90. The third-order valence-electron chi connectivity index (χ3n) is 6.08. The molecule has 0 radical (unpaired) electrons. The van der Waals surface area contributed by atoms with Gasteiger partial charge in [-0.05, 0) is 49.0 Å². The summed E-state index contributed by atoms with van der Waals surface area (Å²) < 4.78 is 6.79. The zero-order chi connectivity index (χ0) is 20.8. The van der Waals surface area contributed by atoms with Gasteiger partial charge in [-0.1, -0.05) is 6.07 Å². The van der Waals surface area contributed by atoms with Crippen LogP contribution in [-0.2, 0) is 16.8 Å². The molecule has 9 heteroatoms. The largest absolute Gasteiger partial charge is 0.489 e. The fourth-order valence-corrected chi connectivity index (χ4v) is 4.48. The van der Waals surface area contributed by atoms with E-state index in [4.69, 9.17) is 4.74 Å². The summed E-state index contributed by atoms with van der Waals surface area (Å²) in [6.07, 6.45) is 3.06. The van der Waals surface area contributed by atoms with Gasteiger partial charge in [0.15, 0.2) is 0 Å². The van der Waals surface area contributed by atoms with E-state index < -0.39 is 18.6 Å². The molecular weight excluding hydrogens is 375 g/mol. The molecule has 1 aliphatic carbocycles. The minimum absolute atomic E-state index is 0.0603. The van der Waals surface area contributed by atoms with Gasteiger partial charge in [-0.15, -0.1) is 0 Å². The topological polar surface area (TPSA) is 109 Å². The van der Waals surface area contributed by atoms with Crippen molar-refractivity contribution < 1.29 is 29.2 Å². The van der Waals surface area contributed by atoms with E-state index in [0.29, 0.717) is 30.6 Å². The van der Waals surface area contributed by atoms with Gasteiger partial charge in [0.1, 0.15) is 12.0 Å². The highest BCUT2D eigenvalue weighted by Crippen LogP contribution is 2.49. The summed E-state index contributed by atoms with van der Waals surface area (Å²) in [6.45, 7) is 0.888. The number of rotatable bonds is 4. The van der Waals surface area contributed by atoms with E-state index in [1.165, 1.54) is 25.3 Å². The number of hydrogen-bond donors (Lipinski definition) is 2. The van der Waals surface area contributed by atoms with Crippen LogP contribution >= 0.6 is 0 Å². The Morgan fingerprint density at radius 3 is 2.52 bits per heavy atom. The van der Waals surface area contributed by atoms with Crippen LogP contribution in [0.5, 0.6) is 0 Å². The average Bonchev–Trinajstić information content (AvgIpc) is 3.14. The first-order valence-electron chi connectivity index (χ1n) is 9.48. The second-order valence-corrected chi connectivity index (χ2v) is 7.42. The summed E-state index contributed by atoms with van der Waals surface area (Å²) in [5, 5.41) is 18.8. The Balaban J connectivity index is 1.71. The molecule has 1 amide bonds. The Hall–Kier alpha value is -2.91. The van der Waals surface area contributed by atoms with E-state index in [9.17, 15) is 24.4 Å². The highest BCUT2D eigenvalue weighted by atomic mass is 16.5. The molecule has 2 N–H and O–H groups in total. The number of aldehydes is 1. The Bertz CT molecular complexity index is 995. The summed E-state index contributed by atoms with van der Waals surface area (Å²) >= 11 is 0. The Kier molecular flexibility index (Phi) is 4.80. The first-order chi connectivity index (χ1) is 13.9. The normalized spacial score (nSPS) is 16.7. The van der Waals surface area contributed by atoms with Gasteiger partial charge in [0.05, 0.1) is 12.6 Å². The van der Waals surface area contributed by atoms with Crippen molar-refractivity contribution in [1.29, 1.82) is 0 Å². The zero-order valence-electron chi connectivity index (χ0n) is 16.0. The Labute approximate surface area is 167 Å². The molecule has 0 atom stereocenters. The number of fused-ring (bicyclic) bond motifs is 2. The fourth-order valence-electron chi connectivity index (χ4n) is 4.48. The molecule has 0 bridgehead atoms. The van der Waals surface area contributed by atoms with Gasteiger partial charge < -0.3 is 24.3 Å². The molecule has 1 aromatic heterocycles. The summed E-state index contributed by atoms with van der Waals surface area (Å²) in [5.41, 5.74) is 1.35. The van der Waals surface area contributed by atoms with Crippen molar-refractivity contribution in [3.8, 4) is 0 Å². The predicted molar refractivity (Wildman–Crippen MR) is 104 cm³/mol. The maximum atomic E-state index is 13.3. The number of carbonyl (C=O) groups is 3. The lowest BCUT2D eigenvalue weighted by Crippen LogP contribution is -2.58. The number of ether oxygens (including phenoxy) is 1. The number of aromatic nitrogens is 1. The van der Waals surface area contributed by atoms with Gasteiger partial charge in [0, 0.05) is 29.9 Å². The highest BCUT2D eigenvalue weighted by Gasteiger charge is 2.50. The molecule has 0 saturated heterocycles. The van der Waals surface area contributed by atoms with Crippen molar-refractivity contribution in [2.24, 2.45) is 0 Å². The van der Waals surface area contributed by atoms with Crippen molar-refractivity contribution in [3.63, 3.8) is 0 Å². The number of nitrogens with zero attached hydrogens (tertiary/aromatic N) is 2. The molecule has 1 spiro atoms. The summed E-state index contributed by atoms with van der Waals surface area (Å²) in [7, 11) is -0.440. The van der Waals surface area contributed by atoms with E-state index in [1.54, 1.807) is 6.07 Å². The maximum Gasteiger partial charge on any atom is 0.489 e. The molecule has 2 heterocycles. The average molecular weight is 396 g/mol. The number of methoxy groups -OCH3 is 1. The molecule has 150 valence electrons. The maximum absolute atomic E-state index is 13.3. The lowest BCUT2D eigenvalue weighted by molar-refractivity contribution is -0.00504. The Morgan fingerprint density at radius 1 is 1.17 bits per heavy atom. The minimum atomic E-state index is -1.78. The zero-order valence-corrected chi connectivity index (χ0v) is 16.0. The van der Waals surface area contributed by atoms with Gasteiger partial charge in [0.2, 0.25) is 0 Å². The molecule has 1 aromatic carbocycles. The SMILES string of the molecule is COC(=O)c1ccc2n1CCN(C(=O)c1ccc(B(O)O)c(C=O)c1)C21CCC1. The van der Waals surface area contributed by atoms with Crippen LogP contribution in [0.15, 0.2) is 30.3 Å². The van der Waals surface area contributed by atoms with Crippen LogP contribution in [0.25, 0.3) is 0 Å². The third-order valence-corrected chi connectivity index (χ3v) is 6.08. The number of benzene rings is 1. The monoisotopic (exact) mass is 396 g/mol. The summed E-state index contributed by atoms with van der Waals surface area (Å²) in [4.78, 5) is 38.6. The van der Waals surface area contributed by atoms with Crippen LogP contribution in [-0.4, -0.2) is 58.5 Å². The van der Waals surface area contributed by atoms with Crippen LogP contribution in [0.3, 0.4) is 0 Å². The lowest BCUT2D eigenvalue weighted by Gasteiger charge is -2.53. The van der Waals surface area contributed by atoms with Crippen LogP contribution < -0.4 is 5.46 Å². The van der Waals surface area contributed by atoms with Crippen LogP contribution in [0.4, 0.5) is 0 Å².